The first-order chi connectivity index (χ1) is 6.75. The van der Waals surface area contributed by atoms with E-state index in [1.165, 1.54) is 11.7 Å². The summed E-state index contributed by atoms with van der Waals surface area (Å²) >= 11 is 1.19. The fraction of sp³-hybridized carbons (Fsp3) is 0.625. The fourth-order valence-electron chi connectivity index (χ4n) is 1.70. The Labute approximate surface area is 85.5 Å². The molecule has 0 amide bonds. The summed E-state index contributed by atoms with van der Waals surface area (Å²) in [5.74, 6) is -0.760. The third-order valence-corrected chi connectivity index (χ3v) is 2.92. The number of aromatic nitrogens is 2. The minimum absolute atomic E-state index is 0.236. The van der Waals surface area contributed by atoms with Crippen LogP contribution in [0.1, 0.15) is 18.5 Å². The highest BCUT2D eigenvalue weighted by atomic mass is 32.1. The maximum atomic E-state index is 10.7. The zero-order chi connectivity index (χ0) is 9.97. The van der Waals surface area contributed by atoms with Crippen LogP contribution in [0.5, 0.6) is 0 Å². The Kier molecular flexibility index (Phi) is 2.74. The lowest BCUT2D eigenvalue weighted by molar-refractivity contribution is -0.139. The predicted molar refractivity (Wildman–Crippen MR) is 51.2 cm³/mol. The SMILES string of the molecule is O=C(O)C1CCC(Cc2cnsn2)N1. The van der Waals surface area contributed by atoms with E-state index in [1.807, 2.05) is 0 Å². The number of hydrogen-bond acceptors (Lipinski definition) is 5. The lowest BCUT2D eigenvalue weighted by Gasteiger charge is -2.09. The van der Waals surface area contributed by atoms with Crippen LogP contribution in [0.3, 0.4) is 0 Å². The largest absolute Gasteiger partial charge is 0.480 e. The first kappa shape index (κ1) is 9.54. The van der Waals surface area contributed by atoms with Crippen LogP contribution in [-0.4, -0.2) is 31.9 Å². The molecule has 0 aliphatic carbocycles. The van der Waals surface area contributed by atoms with Crippen molar-refractivity contribution in [3.05, 3.63) is 11.9 Å². The average molecular weight is 213 g/mol. The Morgan fingerprint density at radius 2 is 2.57 bits per heavy atom. The lowest BCUT2D eigenvalue weighted by Crippen LogP contribution is -2.36. The molecule has 1 aromatic rings. The highest BCUT2D eigenvalue weighted by Crippen LogP contribution is 2.15. The molecule has 2 heterocycles. The van der Waals surface area contributed by atoms with E-state index in [4.69, 9.17) is 5.11 Å². The first-order valence-corrected chi connectivity index (χ1v) is 5.24. The van der Waals surface area contributed by atoms with Crippen LogP contribution in [-0.2, 0) is 11.2 Å². The van der Waals surface area contributed by atoms with Gasteiger partial charge in [0.1, 0.15) is 6.04 Å². The van der Waals surface area contributed by atoms with Crippen molar-refractivity contribution in [3.63, 3.8) is 0 Å². The highest BCUT2D eigenvalue weighted by Gasteiger charge is 2.28. The second-order valence-corrected chi connectivity index (χ2v) is 3.99. The molecule has 0 aromatic carbocycles. The van der Waals surface area contributed by atoms with E-state index in [1.54, 1.807) is 6.20 Å². The van der Waals surface area contributed by atoms with Crippen molar-refractivity contribution in [2.75, 3.05) is 0 Å². The Bertz CT molecular complexity index is 314. The summed E-state index contributed by atoms with van der Waals surface area (Å²) < 4.78 is 8.00. The monoisotopic (exact) mass is 213 g/mol. The minimum atomic E-state index is -0.760. The van der Waals surface area contributed by atoms with Gasteiger partial charge in [-0.25, -0.2) is 0 Å². The van der Waals surface area contributed by atoms with Crippen molar-refractivity contribution in [3.8, 4) is 0 Å². The van der Waals surface area contributed by atoms with Crippen molar-refractivity contribution < 1.29 is 9.90 Å². The Morgan fingerprint density at radius 1 is 1.71 bits per heavy atom. The fourth-order valence-corrected chi connectivity index (χ4v) is 2.14. The van der Waals surface area contributed by atoms with Crippen LogP contribution in [0.15, 0.2) is 6.20 Å². The summed E-state index contributed by atoms with van der Waals surface area (Å²) in [6.07, 6.45) is 4.12. The Balaban J connectivity index is 1.87. The summed E-state index contributed by atoms with van der Waals surface area (Å²) in [5.41, 5.74) is 0.943. The zero-order valence-corrected chi connectivity index (χ0v) is 8.33. The van der Waals surface area contributed by atoms with Crippen molar-refractivity contribution in [1.29, 1.82) is 0 Å². The van der Waals surface area contributed by atoms with Gasteiger partial charge in [0.15, 0.2) is 0 Å². The number of carboxylic acids is 1. The van der Waals surface area contributed by atoms with Gasteiger partial charge in [0, 0.05) is 12.5 Å². The topological polar surface area (TPSA) is 75.1 Å². The van der Waals surface area contributed by atoms with Crippen LogP contribution in [0.25, 0.3) is 0 Å². The summed E-state index contributed by atoms with van der Waals surface area (Å²) in [5, 5.41) is 11.8. The standard InChI is InChI=1S/C8H11N3O2S/c12-8(13)7-2-1-5(10-7)3-6-4-9-14-11-6/h4-5,7,10H,1-3H2,(H,12,13). The second kappa shape index (κ2) is 4.02. The molecule has 1 aliphatic heterocycles. The zero-order valence-electron chi connectivity index (χ0n) is 7.51. The number of carboxylic acid groups (broad SMARTS) is 1. The Morgan fingerprint density at radius 3 is 3.14 bits per heavy atom. The molecule has 6 heteroatoms. The van der Waals surface area contributed by atoms with Crippen molar-refractivity contribution in [1.82, 2.24) is 14.1 Å². The van der Waals surface area contributed by atoms with E-state index in [0.717, 1.165) is 18.5 Å². The van der Waals surface area contributed by atoms with Gasteiger partial charge < -0.3 is 10.4 Å². The van der Waals surface area contributed by atoms with E-state index in [-0.39, 0.29) is 12.1 Å². The van der Waals surface area contributed by atoms with Crippen molar-refractivity contribution in [2.24, 2.45) is 0 Å². The maximum absolute atomic E-state index is 10.7. The van der Waals surface area contributed by atoms with Gasteiger partial charge in [0.25, 0.3) is 0 Å². The predicted octanol–water partition coefficient (Wildman–Crippen LogP) is 0.286. The number of hydrogen-bond donors (Lipinski definition) is 2. The van der Waals surface area contributed by atoms with Gasteiger partial charge in [-0.15, -0.1) is 0 Å². The lowest BCUT2D eigenvalue weighted by atomic mass is 10.1. The number of nitrogens with one attached hydrogen (secondary N) is 1. The first-order valence-electron chi connectivity index (χ1n) is 4.51. The van der Waals surface area contributed by atoms with Gasteiger partial charge in [-0.3, -0.25) is 4.79 Å². The molecule has 76 valence electrons. The molecule has 0 spiro atoms. The molecule has 1 aliphatic rings. The molecule has 2 atom stereocenters. The highest BCUT2D eigenvalue weighted by molar-refractivity contribution is 6.99. The Hall–Kier alpha value is -1.01. The third kappa shape index (κ3) is 2.08. The van der Waals surface area contributed by atoms with Gasteiger partial charge in [0.2, 0.25) is 0 Å². The molecule has 2 unspecified atom stereocenters. The van der Waals surface area contributed by atoms with Gasteiger partial charge in [-0.1, -0.05) is 0 Å². The molecule has 0 radical (unpaired) electrons. The summed E-state index contributed by atoms with van der Waals surface area (Å²) in [6.45, 7) is 0. The maximum Gasteiger partial charge on any atom is 0.320 e. The van der Waals surface area contributed by atoms with Crippen LogP contribution in [0, 0.1) is 0 Å². The summed E-state index contributed by atoms with van der Waals surface area (Å²) in [4.78, 5) is 10.7. The number of nitrogens with zero attached hydrogens (tertiary/aromatic N) is 2. The molecule has 1 fully saturated rings. The number of carbonyl (C=O) groups is 1. The molecule has 14 heavy (non-hydrogen) atoms. The summed E-state index contributed by atoms with van der Waals surface area (Å²) in [6, 6.07) is -0.147. The molecule has 5 nitrogen and oxygen atoms in total. The normalized spacial score (nSPS) is 26.6. The smallest absolute Gasteiger partial charge is 0.320 e. The molecule has 0 saturated carbocycles. The molecule has 2 rings (SSSR count). The van der Waals surface area contributed by atoms with E-state index >= 15 is 0 Å². The molecule has 1 saturated heterocycles. The molecule has 2 N–H and O–H groups in total. The van der Waals surface area contributed by atoms with Gasteiger partial charge >= 0.3 is 5.97 Å². The minimum Gasteiger partial charge on any atom is -0.480 e. The second-order valence-electron chi connectivity index (χ2n) is 3.43. The van der Waals surface area contributed by atoms with Gasteiger partial charge in [-0.05, 0) is 12.8 Å². The van der Waals surface area contributed by atoms with E-state index in [0.29, 0.717) is 6.42 Å². The molecule has 0 bridgehead atoms. The van der Waals surface area contributed by atoms with Crippen LogP contribution >= 0.6 is 11.7 Å². The van der Waals surface area contributed by atoms with E-state index in [9.17, 15) is 4.79 Å². The van der Waals surface area contributed by atoms with Gasteiger partial charge in [0.05, 0.1) is 23.6 Å². The summed E-state index contributed by atoms with van der Waals surface area (Å²) in [7, 11) is 0. The average Bonchev–Trinajstić information content (AvgIpc) is 2.75. The number of aliphatic carboxylic acids is 1. The molecular formula is C8H11N3O2S. The van der Waals surface area contributed by atoms with E-state index < -0.39 is 5.97 Å². The van der Waals surface area contributed by atoms with E-state index in [2.05, 4.69) is 14.1 Å². The third-order valence-electron chi connectivity index (χ3n) is 2.40. The van der Waals surface area contributed by atoms with Crippen LogP contribution in [0.4, 0.5) is 0 Å². The molecular weight excluding hydrogens is 202 g/mol. The van der Waals surface area contributed by atoms with Crippen molar-refractivity contribution >= 4 is 17.7 Å². The molecule has 1 aromatic heterocycles. The quantitative estimate of drug-likeness (QED) is 0.754. The van der Waals surface area contributed by atoms with Gasteiger partial charge in [-0.2, -0.15) is 8.75 Å². The van der Waals surface area contributed by atoms with Crippen LogP contribution in [0.2, 0.25) is 0 Å². The van der Waals surface area contributed by atoms with Crippen LogP contribution < -0.4 is 5.32 Å². The van der Waals surface area contributed by atoms with Crippen molar-refractivity contribution in [2.45, 2.75) is 31.3 Å². The number of rotatable bonds is 3.